The summed E-state index contributed by atoms with van der Waals surface area (Å²) in [5.41, 5.74) is 0. The standard InChI is InChI=1S/C8H12O5/c1-5(9)12-7-3-4-11-8(7)13-6(2)10/h7-8H,3-4H2,1-2H3/t7-,8?/m1/s1. The number of hydrogen-bond donors (Lipinski definition) is 0. The Hall–Kier alpha value is -1.10. The van der Waals surface area contributed by atoms with Gasteiger partial charge >= 0.3 is 11.9 Å². The minimum Gasteiger partial charge on any atom is -0.456 e. The number of ether oxygens (including phenoxy) is 3. The predicted molar refractivity (Wildman–Crippen MR) is 41.7 cm³/mol. The molecule has 5 heteroatoms. The molecule has 13 heavy (non-hydrogen) atoms. The maximum absolute atomic E-state index is 10.6. The van der Waals surface area contributed by atoms with Crippen molar-refractivity contribution in [2.24, 2.45) is 0 Å². The summed E-state index contributed by atoms with van der Waals surface area (Å²) in [6.45, 7) is 3.03. The highest BCUT2D eigenvalue weighted by Crippen LogP contribution is 2.18. The van der Waals surface area contributed by atoms with Crippen LogP contribution < -0.4 is 0 Å². The van der Waals surface area contributed by atoms with Gasteiger partial charge in [0.2, 0.25) is 6.29 Å². The van der Waals surface area contributed by atoms with Crippen LogP contribution in [0.5, 0.6) is 0 Å². The first-order chi connectivity index (χ1) is 6.09. The quantitative estimate of drug-likeness (QED) is 0.580. The molecule has 1 saturated heterocycles. The molecule has 2 atom stereocenters. The van der Waals surface area contributed by atoms with Gasteiger partial charge < -0.3 is 14.2 Å². The van der Waals surface area contributed by atoms with Gasteiger partial charge in [0.25, 0.3) is 0 Å². The van der Waals surface area contributed by atoms with Gasteiger partial charge in [-0.15, -0.1) is 0 Å². The van der Waals surface area contributed by atoms with E-state index in [0.717, 1.165) is 0 Å². The number of esters is 2. The predicted octanol–water partition coefficient (Wildman–Crippen LogP) is 0.228. The lowest BCUT2D eigenvalue weighted by Gasteiger charge is -2.17. The summed E-state index contributed by atoms with van der Waals surface area (Å²) in [7, 11) is 0. The molecule has 1 heterocycles. The van der Waals surface area contributed by atoms with Crippen LogP contribution in [-0.4, -0.2) is 30.9 Å². The zero-order valence-corrected chi connectivity index (χ0v) is 7.61. The van der Waals surface area contributed by atoms with Crippen molar-refractivity contribution in [3.8, 4) is 0 Å². The Balaban J connectivity index is 2.43. The molecule has 0 spiro atoms. The van der Waals surface area contributed by atoms with Crippen molar-refractivity contribution in [3.63, 3.8) is 0 Å². The van der Waals surface area contributed by atoms with Gasteiger partial charge in [0.05, 0.1) is 6.61 Å². The normalized spacial score (nSPS) is 26.9. The van der Waals surface area contributed by atoms with E-state index in [1.165, 1.54) is 13.8 Å². The van der Waals surface area contributed by atoms with Crippen LogP contribution in [0.25, 0.3) is 0 Å². The molecule has 1 unspecified atom stereocenters. The summed E-state index contributed by atoms with van der Waals surface area (Å²) in [6, 6.07) is 0. The fourth-order valence-electron chi connectivity index (χ4n) is 1.14. The second kappa shape index (κ2) is 4.23. The number of rotatable bonds is 2. The first-order valence-corrected chi connectivity index (χ1v) is 4.05. The van der Waals surface area contributed by atoms with Crippen LogP contribution in [0.2, 0.25) is 0 Å². The van der Waals surface area contributed by atoms with Crippen LogP contribution in [0.15, 0.2) is 0 Å². The molecule has 74 valence electrons. The van der Waals surface area contributed by atoms with Crippen LogP contribution in [0.3, 0.4) is 0 Å². The Morgan fingerprint density at radius 2 is 1.85 bits per heavy atom. The van der Waals surface area contributed by atoms with E-state index < -0.39 is 24.3 Å². The average Bonchev–Trinajstić information content (AvgIpc) is 2.34. The molecule has 0 aromatic heterocycles. The summed E-state index contributed by atoms with van der Waals surface area (Å²) < 4.78 is 14.7. The number of carbonyl (C=O) groups excluding carboxylic acids is 2. The fraction of sp³-hybridized carbons (Fsp3) is 0.750. The maximum Gasteiger partial charge on any atom is 0.305 e. The van der Waals surface area contributed by atoms with Gasteiger partial charge in [-0.1, -0.05) is 0 Å². The number of hydrogen-bond acceptors (Lipinski definition) is 5. The van der Waals surface area contributed by atoms with E-state index in [9.17, 15) is 9.59 Å². The average molecular weight is 188 g/mol. The highest BCUT2D eigenvalue weighted by Gasteiger charge is 2.33. The van der Waals surface area contributed by atoms with Crippen LogP contribution in [0.1, 0.15) is 20.3 Å². The van der Waals surface area contributed by atoms with Crippen molar-refractivity contribution >= 4 is 11.9 Å². The summed E-state index contributed by atoms with van der Waals surface area (Å²) in [6.07, 6.45) is -0.625. The molecule has 0 N–H and O–H groups in total. The highest BCUT2D eigenvalue weighted by molar-refractivity contribution is 5.67. The highest BCUT2D eigenvalue weighted by atomic mass is 16.7. The molecule has 0 aromatic rings. The third-order valence-corrected chi connectivity index (χ3v) is 1.59. The first kappa shape index (κ1) is 9.98. The molecule has 1 rings (SSSR count). The fourth-order valence-corrected chi connectivity index (χ4v) is 1.14. The zero-order valence-electron chi connectivity index (χ0n) is 7.61. The van der Waals surface area contributed by atoms with E-state index >= 15 is 0 Å². The Bertz CT molecular complexity index is 191. The second-order valence-corrected chi connectivity index (χ2v) is 2.79. The van der Waals surface area contributed by atoms with E-state index in [-0.39, 0.29) is 0 Å². The smallest absolute Gasteiger partial charge is 0.305 e. The number of carbonyl (C=O) groups is 2. The monoisotopic (exact) mass is 188 g/mol. The van der Waals surface area contributed by atoms with Gasteiger partial charge in [0, 0.05) is 20.3 Å². The summed E-state index contributed by atoms with van der Waals surface area (Å²) in [5.74, 6) is -0.836. The molecular weight excluding hydrogens is 176 g/mol. The molecule has 5 nitrogen and oxygen atoms in total. The SMILES string of the molecule is CC(=O)OC1OCC[C@H]1OC(C)=O. The Morgan fingerprint density at radius 3 is 2.38 bits per heavy atom. The van der Waals surface area contributed by atoms with Gasteiger partial charge in [-0.25, -0.2) is 0 Å². The molecule has 0 aromatic carbocycles. The third-order valence-electron chi connectivity index (χ3n) is 1.59. The van der Waals surface area contributed by atoms with E-state index in [4.69, 9.17) is 14.2 Å². The Labute approximate surface area is 76.0 Å². The van der Waals surface area contributed by atoms with Crippen molar-refractivity contribution < 1.29 is 23.8 Å². The van der Waals surface area contributed by atoms with Crippen molar-refractivity contribution in [1.82, 2.24) is 0 Å². The minimum absolute atomic E-state index is 0.396. The molecule has 0 saturated carbocycles. The van der Waals surface area contributed by atoms with Gasteiger partial charge in [-0.3, -0.25) is 9.59 Å². The lowest BCUT2D eigenvalue weighted by Crippen LogP contribution is -2.30. The molecule has 1 aliphatic rings. The van der Waals surface area contributed by atoms with Crippen LogP contribution in [0.4, 0.5) is 0 Å². The largest absolute Gasteiger partial charge is 0.456 e. The Morgan fingerprint density at radius 1 is 1.23 bits per heavy atom. The van der Waals surface area contributed by atoms with Gasteiger partial charge in [0.15, 0.2) is 6.10 Å². The van der Waals surface area contributed by atoms with E-state index in [1.807, 2.05) is 0 Å². The molecule has 0 amide bonds. The Kier molecular flexibility index (Phi) is 3.25. The molecule has 1 aliphatic heterocycles. The van der Waals surface area contributed by atoms with E-state index in [1.54, 1.807) is 0 Å². The molecule has 0 aliphatic carbocycles. The van der Waals surface area contributed by atoms with Crippen molar-refractivity contribution in [2.75, 3.05) is 6.61 Å². The van der Waals surface area contributed by atoms with Crippen LogP contribution in [-0.2, 0) is 23.8 Å². The van der Waals surface area contributed by atoms with Gasteiger partial charge in [-0.05, 0) is 0 Å². The van der Waals surface area contributed by atoms with Crippen molar-refractivity contribution in [3.05, 3.63) is 0 Å². The maximum atomic E-state index is 10.6. The third kappa shape index (κ3) is 3.02. The minimum atomic E-state index is -0.735. The zero-order chi connectivity index (χ0) is 9.84. The van der Waals surface area contributed by atoms with E-state index in [2.05, 4.69) is 0 Å². The lowest BCUT2D eigenvalue weighted by molar-refractivity contribution is -0.189. The lowest BCUT2D eigenvalue weighted by atomic mass is 10.3. The van der Waals surface area contributed by atoms with Crippen LogP contribution in [0, 0.1) is 0 Å². The molecule has 0 bridgehead atoms. The van der Waals surface area contributed by atoms with E-state index in [0.29, 0.717) is 13.0 Å². The summed E-state index contributed by atoms with van der Waals surface area (Å²) >= 11 is 0. The van der Waals surface area contributed by atoms with Crippen molar-refractivity contribution in [2.45, 2.75) is 32.7 Å². The summed E-state index contributed by atoms with van der Waals surface area (Å²) in [5, 5.41) is 0. The van der Waals surface area contributed by atoms with Crippen LogP contribution >= 0.6 is 0 Å². The van der Waals surface area contributed by atoms with Crippen molar-refractivity contribution in [1.29, 1.82) is 0 Å². The van der Waals surface area contributed by atoms with Gasteiger partial charge in [-0.2, -0.15) is 0 Å². The molecule has 0 radical (unpaired) electrons. The second-order valence-electron chi connectivity index (χ2n) is 2.79. The molecule has 1 fully saturated rings. The first-order valence-electron chi connectivity index (χ1n) is 4.05. The topological polar surface area (TPSA) is 61.8 Å². The summed E-state index contributed by atoms with van der Waals surface area (Å²) in [4.78, 5) is 21.2. The molecular formula is C8H12O5. The van der Waals surface area contributed by atoms with Gasteiger partial charge in [0.1, 0.15) is 0 Å².